The van der Waals surface area contributed by atoms with Crippen LogP contribution in [-0.4, -0.2) is 86.6 Å². The Morgan fingerprint density at radius 2 is 1.82 bits per heavy atom. The van der Waals surface area contributed by atoms with Crippen LogP contribution < -0.4 is 10.6 Å². The van der Waals surface area contributed by atoms with Crippen LogP contribution >= 0.6 is 0 Å². The van der Waals surface area contributed by atoms with Gasteiger partial charge in [0.1, 0.15) is 17.1 Å². The second-order valence-electron chi connectivity index (χ2n) is 10.0. The van der Waals surface area contributed by atoms with Crippen LogP contribution in [0.3, 0.4) is 0 Å². The summed E-state index contributed by atoms with van der Waals surface area (Å²) in [5.41, 5.74) is 1.06. The smallest absolute Gasteiger partial charge is 0.313 e. The monoisotopic (exact) mass is 530 g/mol. The first kappa shape index (κ1) is 27.1. The van der Waals surface area contributed by atoms with Crippen molar-refractivity contribution in [3.63, 3.8) is 0 Å². The molecule has 4 rings (SSSR count). The number of ketones is 2. The molecule has 3 aliphatic carbocycles. The molecule has 204 valence electrons. The Morgan fingerprint density at radius 3 is 2.32 bits per heavy atom. The zero-order valence-corrected chi connectivity index (χ0v) is 21.4. The Balaban J connectivity index is 2.03. The number of Topliss-reactive ketones (excluding diaryl/α,β-unsaturated/α-hetero) is 2. The fourth-order valence-corrected chi connectivity index (χ4v) is 6.26. The topological polar surface area (TPSA) is 208 Å². The molecule has 0 bridgehead atoms. The number of nitrogens with zero attached hydrogens (tertiary/aromatic N) is 3. The summed E-state index contributed by atoms with van der Waals surface area (Å²) in [6.07, 6.45) is -0.0207. The van der Waals surface area contributed by atoms with Gasteiger partial charge in [0.2, 0.25) is 11.5 Å². The zero-order valence-electron chi connectivity index (χ0n) is 21.4. The number of likely N-dealkylation sites (N-methyl/N-ethyl adjacent to an activating group) is 1. The molecule has 3 aliphatic rings. The molecule has 4 atom stereocenters. The van der Waals surface area contributed by atoms with E-state index in [2.05, 4.69) is 0 Å². The normalized spacial score (nSPS) is 26.7. The average Bonchev–Trinajstić information content (AvgIpc) is 2.82. The molecule has 2 unspecified atom stereocenters. The first-order valence-corrected chi connectivity index (χ1v) is 12.2. The number of aliphatic hydroxyl groups is 3. The summed E-state index contributed by atoms with van der Waals surface area (Å²) < 4.78 is 0. The van der Waals surface area contributed by atoms with Crippen LogP contribution in [0.2, 0.25) is 0 Å². The van der Waals surface area contributed by atoms with E-state index >= 15 is 0 Å². The minimum Gasteiger partial charge on any atom is -0.508 e. The number of fused-ring (bicyclic) bond motifs is 3. The van der Waals surface area contributed by atoms with Crippen LogP contribution in [0.15, 0.2) is 23.0 Å². The molecule has 0 aliphatic heterocycles. The third-order valence-electron chi connectivity index (χ3n) is 7.98. The van der Waals surface area contributed by atoms with Crippen molar-refractivity contribution in [2.75, 3.05) is 32.1 Å². The molecule has 1 fully saturated rings. The van der Waals surface area contributed by atoms with Gasteiger partial charge in [0.05, 0.1) is 16.5 Å². The Labute approximate surface area is 217 Å². The fourth-order valence-electron chi connectivity index (χ4n) is 6.26. The first-order chi connectivity index (χ1) is 17.7. The second-order valence-corrected chi connectivity index (χ2v) is 10.0. The first-order valence-electron chi connectivity index (χ1n) is 12.2. The maximum atomic E-state index is 13.9. The molecule has 1 aromatic rings. The number of nitrogens with two attached hydrogens (primary N) is 1. The standard InChI is InChI=1S/C25H30N4O9/c1-5-28(6-2)13-9-14(29(37)38)19(30)16-11(13)7-10-8-12-18(27(3)4)21(32)17(24(26)35)23(34)25(12,36)22(33)15(10)20(16)31/h9-10,12,18,30-31,34,36H,5-8H2,1-4H3,(H2,26,35)/t10?,12?,18-,25-/m0/s1. The van der Waals surface area contributed by atoms with Crippen molar-refractivity contribution >= 4 is 34.6 Å². The molecule has 1 amide bonds. The summed E-state index contributed by atoms with van der Waals surface area (Å²) in [5, 5.41) is 56.4. The lowest BCUT2D eigenvalue weighted by Crippen LogP contribution is -2.65. The summed E-state index contributed by atoms with van der Waals surface area (Å²) in [6.45, 7) is 4.59. The number of rotatable bonds is 6. The van der Waals surface area contributed by atoms with E-state index in [0.29, 0.717) is 24.3 Å². The highest BCUT2D eigenvalue weighted by Gasteiger charge is 2.64. The number of aliphatic hydroxyl groups excluding tert-OH is 2. The number of hydrogen-bond acceptors (Lipinski definition) is 11. The van der Waals surface area contributed by atoms with E-state index < -0.39 is 74.4 Å². The van der Waals surface area contributed by atoms with Crippen LogP contribution in [0.5, 0.6) is 5.75 Å². The molecule has 0 radical (unpaired) electrons. The van der Waals surface area contributed by atoms with Gasteiger partial charge in [0, 0.05) is 36.3 Å². The SMILES string of the molecule is CCN(CC)c1cc([N+](=O)[O-])c(O)c2c1CC1CC3[C@H](N(C)C)C(=O)C(C(N)=O)=C(O)[C@@]3(O)C(=O)C1=C2O. The number of nitro groups is 1. The van der Waals surface area contributed by atoms with Crippen molar-refractivity contribution in [3.05, 3.63) is 44.2 Å². The third kappa shape index (κ3) is 3.49. The van der Waals surface area contributed by atoms with Gasteiger partial charge in [-0.15, -0.1) is 0 Å². The van der Waals surface area contributed by atoms with E-state index in [4.69, 9.17) is 5.73 Å². The van der Waals surface area contributed by atoms with Gasteiger partial charge in [0.25, 0.3) is 5.91 Å². The predicted molar refractivity (Wildman–Crippen MR) is 134 cm³/mol. The summed E-state index contributed by atoms with van der Waals surface area (Å²) in [4.78, 5) is 53.3. The van der Waals surface area contributed by atoms with Crippen molar-refractivity contribution in [1.82, 2.24) is 4.90 Å². The van der Waals surface area contributed by atoms with Gasteiger partial charge in [0.15, 0.2) is 11.4 Å². The second kappa shape index (κ2) is 9.10. The number of benzene rings is 1. The van der Waals surface area contributed by atoms with Crippen molar-refractivity contribution in [2.45, 2.75) is 38.3 Å². The van der Waals surface area contributed by atoms with Crippen molar-refractivity contribution in [2.24, 2.45) is 17.6 Å². The van der Waals surface area contributed by atoms with Gasteiger partial charge in [-0.1, -0.05) is 0 Å². The lowest BCUT2D eigenvalue weighted by Gasteiger charge is -2.50. The Hall–Kier alpha value is -3.97. The fraction of sp³-hybridized carbons (Fsp3) is 0.480. The number of aromatic hydroxyl groups is 1. The highest BCUT2D eigenvalue weighted by Crippen LogP contribution is 2.54. The number of carbonyl (C=O) groups excluding carboxylic acids is 3. The van der Waals surface area contributed by atoms with E-state index in [1.807, 2.05) is 18.7 Å². The molecule has 0 aromatic heterocycles. The Kier molecular flexibility index (Phi) is 6.48. The number of carbonyl (C=O) groups is 3. The van der Waals surface area contributed by atoms with Crippen LogP contribution in [0.1, 0.15) is 31.4 Å². The third-order valence-corrected chi connectivity index (χ3v) is 7.98. The quantitative estimate of drug-likeness (QED) is 0.197. The number of primary amides is 1. The summed E-state index contributed by atoms with van der Waals surface area (Å²) in [5.74, 6) is -8.12. The Bertz CT molecular complexity index is 1340. The summed E-state index contributed by atoms with van der Waals surface area (Å²) in [7, 11) is 3.03. The summed E-state index contributed by atoms with van der Waals surface area (Å²) in [6, 6.07) is 0.0286. The molecular formula is C25H30N4O9. The maximum absolute atomic E-state index is 13.9. The van der Waals surface area contributed by atoms with Crippen molar-refractivity contribution < 1.29 is 39.7 Å². The molecule has 13 heteroatoms. The van der Waals surface area contributed by atoms with Crippen molar-refractivity contribution in [3.8, 4) is 5.75 Å². The molecule has 1 saturated carbocycles. The van der Waals surface area contributed by atoms with Crippen LogP contribution in [0.25, 0.3) is 5.76 Å². The maximum Gasteiger partial charge on any atom is 0.313 e. The minimum absolute atomic E-state index is 0.0475. The number of phenolic OH excluding ortho intramolecular Hbond substituents is 1. The molecular weight excluding hydrogens is 500 g/mol. The molecule has 0 saturated heterocycles. The van der Waals surface area contributed by atoms with Gasteiger partial charge >= 0.3 is 5.69 Å². The lowest BCUT2D eigenvalue weighted by atomic mass is 9.57. The van der Waals surface area contributed by atoms with Crippen LogP contribution in [0, 0.1) is 22.0 Å². The molecule has 0 spiro atoms. The van der Waals surface area contributed by atoms with E-state index in [9.17, 15) is 44.9 Å². The van der Waals surface area contributed by atoms with Gasteiger partial charge < -0.3 is 31.1 Å². The minimum atomic E-state index is -2.78. The number of nitro benzene ring substituents is 1. The Morgan fingerprint density at radius 1 is 1.21 bits per heavy atom. The van der Waals surface area contributed by atoms with Crippen LogP contribution in [-0.2, 0) is 20.8 Å². The number of anilines is 1. The molecule has 1 aromatic carbocycles. The lowest BCUT2D eigenvalue weighted by molar-refractivity contribution is -0.385. The molecule has 38 heavy (non-hydrogen) atoms. The predicted octanol–water partition coefficient (Wildman–Crippen LogP) is 0.718. The number of phenols is 1. The van der Waals surface area contributed by atoms with E-state index in [1.54, 1.807) is 0 Å². The van der Waals surface area contributed by atoms with Gasteiger partial charge in [-0.05, 0) is 52.3 Å². The number of hydrogen-bond donors (Lipinski definition) is 5. The largest absolute Gasteiger partial charge is 0.508 e. The molecule has 0 heterocycles. The van der Waals surface area contributed by atoms with Crippen molar-refractivity contribution in [1.29, 1.82) is 0 Å². The molecule has 6 N–H and O–H groups in total. The highest BCUT2D eigenvalue weighted by molar-refractivity contribution is 6.24. The van der Waals surface area contributed by atoms with E-state index in [0.717, 1.165) is 0 Å². The molecule has 13 nitrogen and oxygen atoms in total. The van der Waals surface area contributed by atoms with E-state index in [-0.39, 0.29) is 24.0 Å². The zero-order chi connectivity index (χ0) is 28.4. The highest BCUT2D eigenvalue weighted by atomic mass is 16.6. The number of amides is 1. The van der Waals surface area contributed by atoms with Gasteiger partial charge in [-0.3, -0.25) is 29.4 Å². The van der Waals surface area contributed by atoms with Gasteiger partial charge in [-0.2, -0.15) is 0 Å². The summed E-state index contributed by atoms with van der Waals surface area (Å²) >= 11 is 0. The van der Waals surface area contributed by atoms with E-state index in [1.165, 1.54) is 25.1 Å². The van der Waals surface area contributed by atoms with Gasteiger partial charge in [-0.25, -0.2) is 0 Å². The van der Waals surface area contributed by atoms with Crippen LogP contribution in [0.4, 0.5) is 11.4 Å². The average molecular weight is 531 g/mol.